The molecule has 0 spiro atoms. The van der Waals surface area contributed by atoms with Gasteiger partial charge in [-0.1, -0.05) is 11.6 Å². The fourth-order valence-corrected chi connectivity index (χ4v) is 2.65. The highest BCUT2D eigenvalue weighted by Crippen LogP contribution is 2.22. The second-order valence-corrected chi connectivity index (χ2v) is 5.69. The van der Waals surface area contributed by atoms with E-state index in [1.807, 2.05) is 17.9 Å². The lowest BCUT2D eigenvalue weighted by Crippen LogP contribution is -2.42. The topological polar surface area (TPSA) is 55.6 Å². The van der Waals surface area contributed by atoms with Crippen molar-refractivity contribution in [2.24, 2.45) is 11.7 Å². The number of aryl methyl sites for hydroxylation is 1. The minimum atomic E-state index is 0.0369. The number of carbonyl (C=O) groups is 1. The third-order valence-corrected chi connectivity index (χ3v) is 4.02. The van der Waals surface area contributed by atoms with Crippen LogP contribution in [0.15, 0.2) is 18.2 Å². The number of nitrogens with zero attached hydrogens (tertiary/aromatic N) is 1. The second-order valence-electron chi connectivity index (χ2n) is 5.26. The largest absolute Gasteiger partial charge is 0.483 e. The van der Waals surface area contributed by atoms with Crippen LogP contribution in [0.1, 0.15) is 18.4 Å². The van der Waals surface area contributed by atoms with Gasteiger partial charge in [-0.2, -0.15) is 0 Å². The normalized spacial score (nSPS) is 16.2. The zero-order valence-electron chi connectivity index (χ0n) is 11.8. The van der Waals surface area contributed by atoms with E-state index in [-0.39, 0.29) is 12.5 Å². The van der Waals surface area contributed by atoms with Crippen molar-refractivity contribution >= 4 is 17.5 Å². The number of nitrogens with two attached hydrogens (primary N) is 1. The molecule has 1 aromatic rings. The lowest BCUT2D eigenvalue weighted by molar-refractivity contribution is -0.134. The lowest BCUT2D eigenvalue weighted by Gasteiger charge is -2.31. The van der Waals surface area contributed by atoms with E-state index in [9.17, 15) is 4.79 Å². The van der Waals surface area contributed by atoms with E-state index in [0.717, 1.165) is 31.5 Å². The Morgan fingerprint density at radius 3 is 2.75 bits per heavy atom. The minimum Gasteiger partial charge on any atom is -0.483 e. The number of rotatable bonds is 4. The van der Waals surface area contributed by atoms with E-state index in [1.54, 1.807) is 12.1 Å². The van der Waals surface area contributed by atoms with E-state index in [0.29, 0.717) is 23.2 Å². The molecule has 1 fully saturated rings. The summed E-state index contributed by atoms with van der Waals surface area (Å²) < 4.78 is 5.59. The molecule has 1 amide bonds. The molecule has 1 aliphatic heterocycles. The highest BCUT2D eigenvalue weighted by atomic mass is 35.5. The van der Waals surface area contributed by atoms with Gasteiger partial charge in [-0.05, 0) is 56.0 Å². The molecule has 0 unspecified atom stereocenters. The molecule has 1 heterocycles. The van der Waals surface area contributed by atoms with Gasteiger partial charge in [0.25, 0.3) is 5.91 Å². The molecule has 0 aliphatic carbocycles. The number of hydrogen-bond donors (Lipinski definition) is 1. The summed E-state index contributed by atoms with van der Waals surface area (Å²) in [5, 5.41) is 0.671. The van der Waals surface area contributed by atoms with Gasteiger partial charge in [0.05, 0.1) is 0 Å². The molecule has 2 N–H and O–H groups in total. The summed E-state index contributed by atoms with van der Waals surface area (Å²) in [6.07, 6.45) is 1.98. The first-order chi connectivity index (χ1) is 9.60. The standard InChI is InChI=1S/C15H21ClN2O2/c1-11-8-13(16)2-3-14(11)20-10-15(19)18-6-4-12(9-17)5-7-18/h2-3,8,12H,4-7,9-10,17H2,1H3. The van der Waals surface area contributed by atoms with E-state index in [1.165, 1.54) is 0 Å². The van der Waals surface area contributed by atoms with Crippen LogP contribution in [-0.2, 0) is 4.79 Å². The van der Waals surface area contributed by atoms with Gasteiger partial charge in [0.2, 0.25) is 0 Å². The Bertz CT molecular complexity index is 471. The SMILES string of the molecule is Cc1cc(Cl)ccc1OCC(=O)N1CCC(CN)CC1. The van der Waals surface area contributed by atoms with Crippen molar-refractivity contribution in [2.45, 2.75) is 19.8 Å². The quantitative estimate of drug-likeness (QED) is 0.927. The summed E-state index contributed by atoms with van der Waals surface area (Å²) >= 11 is 5.89. The number of carbonyl (C=O) groups excluding carboxylic acids is 1. The predicted molar refractivity (Wildman–Crippen MR) is 80.0 cm³/mol. The Hall–Kier alpha value is -1.26. The molecule has 1 saturated heterocycles. The van der Waals surface area contributed by atoms with Gasteiger partial charge >= 0.3 is 0 Å². The Morgan fingerprint density at radius 2 is 2.15 bits per heavy atom. The highest BCUT2D eigenvalue weighted by Gasteiger charge is 2.22. The number of likely N-dealkylation sites (tertiary alicyclic amines) is 1. The molecular formula is C15H21ClN2O2. The third kappa shape index (κ3) is 3.87. The van der Waals surface area contributed by atoms with Crippen LogP contribution in [0.5, 0.6) is 5.75 Å². The van der Waals surface area contributed by atoms with Gasteiger partial charge < -0.3 is 15.4 Å². The summed E-state index contributed by atoms with van der Waals surface area (Å²) in [5.41, 5.74) is 6.59. The number of halogens is 1. The molecule has 0 atom stereocenters. The maximum Gasteiger partial charge on any atom is 0.260 e. The van der Waals surface area contributed by atoms with E-state index >= 15 is 0 Å². The van der Waals surface area contributed by atoms with Crippen molar-refractivity contribution in [3.63, 3.8) is 0 Å². The van der Waals surface area contributed by atoms with Gasteiger partial charge in [0.1, 0.15) is 5.75 Å². The fourth-order valence-electron chi connectivity index (χ4n) is 2.42. The zero-order chi connectivity index (χ0) is 14.5. The van der Waals surface area contributed by atoms with E-state index < -0.39 is 0 Å². The van der Waals surface area contributed by atoms with Crippen molar-refractivity contribution in [1.29, 1.82) is 0 Å². The molecule has 1 aliphatic rings. The van der Waals surface area contributed by atoms with Crippen LogP contribution in [0.3, 0.4) is 0 Å². The number of piperidine rings is 1. The van der Waals surface area contributed by atoms with Crippen LogP contribution < -0.4 is 10.5 Å². The van der Waals surface area contributed by atoms with Crippen molar-refractivity contribution in [2.75, 3.05) is 26.2 Å². The summed E-state index contributed by atoms with van der Waals surface area (Å²) in [5.74, 6) is 1.30. The number of hydrogen-bond acceptors (Lipinski definition) is 3. The summed E-state index contributed by atoms with van der Waals surface area (Å²) in [6, 6.07) is 5.39. The minimum absolute atomic E-state index is 0.0369. The van der Waals surface area contributed by atoms with Crippen molar-refractivity contribution < 1.29 is 9.53 Å². The third-order valence-electron chi connectivity index (χ3n) is 3.79. The first-order valence-corrected chi connectivity index (χ1v) is 7.34. The number of benzene rings is 1. The van der Waals surface area contributed by atoms with Crippen LogP contribution in [0.4, 0.5) is 0 Å². The van der Waals surface area contributed by atoms with Crippen molar-refractivity contribution in [3.05, 3.63) is 28.8 Å². The van der Waals surface area contributed by atoms with Crippen LogP contribution in [0, 0.1) is 12.8 Å². The average Bonchev–Trinajstić information content (AvgIpc) is 2.46. The Balaban J connectivity index is 1.83. The zero-order valence-corrected chi connectivity index (χ0v) is 12.5. The predicted octanol–water partition coefficient (Wildman–Crippen LogP) is 2.22. The lowest BCUT2D eigenvalue weighted by atomic mass is 9.97. The second kappa shape index (κ2) is 6.95. The molecule has 0 bridgehead atoms. The maximum atomic E-state index is 12.1. The molecule has 0 radical (unpaired) electrons. The van der Waals surface area contributed by atoms with Gasteiger partial charge in [-0.3, -0.25) is 4.79 Å². The summed E-state index contributed by atoms with van der Waals surface area (Å²) in [6.45, 7) is 4.27. The molecule has 4 nitrogen and oxygen atoms in total. The first kappa shape index (κ1) is 15.1. The van der Waals surface area contributed by atoms with Crippen LogP contribution in [0.25, 0.3) is 0 Å². The molecule has 2 rings (SSSR count). The summed E-state index contributed by atoms with van der Waals surface area (Å²) in [7, 11) is 0. The Labute approximate surface area is 124 Å². The van der Waals surface area contributed by atoms with Crippen LogP contribution in [0.2, 0.25) is 5.02 Å². The first-order valence-electron chi connectivity index (χ1n) is 6.97. The Morgan fingerprint density at radius 1 is 1.45 bits per heavy atom. The molecule has 20 heavy (non-hydrogen) atoms. The smallest absolute Gasteiger partial charge is 0.260 e. The molecule has 110 valence electrons. The van der Waals surface area contributed by atoms with Crippen LogP contribution in [-0.4, -0.2) is 37.0 Å². The van der Waals surface area contributed by atoms with E-state index in [2.05, 4.69) is 0 Å². The number of ether oxygens (including phenoxy) is 1. The number of amides is 1. The average molecular weight is 297 g/mol. The molecule has 0 saturated carbocycles. The Kier molecular flexibility index (Phi) is 5.26. The maximum absolute atomic E-state index is 12.1. The monoisotopic (exact) mass is 296 g/mol. The highest BCUT2D eigenvalue weighted by molar-refractivity contribution is 6.30. The van der Waals surface area contributed by atoms with Crippen molar-refractivity contribution in [1.82, 2.24) is 4.90 Å². The van der Waals surface area contributed by atoms with Gasteiger partial charge in [-0.15, -0.1) is 0 Å². The van der Waals surface area contributed by atoms with Gasteiger partial charge in [0.15, 0.2) is 6.61 Å². The molecule has 5 heteroatoms. The fraction of sp³-hybridized carbons (Fsp3) is 0.533. The van der Waals surface area contributed by atoms with E-state index in [4.69, 9.17) is 22.1 Å². The van der Waals surface area contributed by atoms with Gasteiger partial charge in [-0.25, -0.2) is 0 Å². The molecular weight excluding hydrogens is 276 g/mol. The van der Waals surface area contributed by atoms with Crippen LogP contribution >= 0.6 is 11.6 Å². The van der Waals surface area contributed by atoms with Gasteiger partial charge in [0, 0.05) is 18.1 Å². The molecule has 1 aromatic carbocycles. The molecule has 0 aromatic heterocycles. The van der Waals surface area contributed by atoms with Crippen molar-refractivity contribution in [3.8, 4) is 5.75 Å². The summed E-state index contributed by atoms with van der Waals surface area (Å²) in [4.78, 5) is 13.9.